The maximum absolute atomic E-state index is 12.3. The molecule has 0 fully saturated rings. The number of fused-ring (bicyclic) bond motifs is 1. The topological polar surface area (TPSA) is 56.1 Å². The second-order valence-corrected chi connectivity index (χ2v) is 7.31. The van der Waals surface area contributed by atoms with Crippen LogP contribution >= 0.6 is 11.6 Å². The largest absolute Gasteiger partial charge is 0.370 e. The Morgan fingerprint density at radius 2 is 1.96 bits per heavy atom. The number of rotatable bonds is 6. The number of halogens is 1. The Balaban J connectivity index is 1.39. The Kier molecular flexibility index (Phi) is 5.74. The molecular weight excluding hydrogens is 374 g/mol. The van der Waals surface area contributed by atoms with E-state index in [-0.39, 0.29) is 18.4 Å². The third kappa shape index (κ3) is 4.43. The van der Waals surface area contributed by atoms with Crippen molar-refractivity contribution in [2.24, 2.45) is 0 Å². The van der Waals surface area contributed by atoms with Crippen LogP contribution < -0.4 is 5.32 Å². The highest BCUT2D eigenvalue weighted by Crippen LogP contribution is 2.25. The Hall–Kier alpha value is -2.63. The first kappa shape index (κ1) is 18.7. The molecule has 1 aliphatic rings. The van der Waals surface area contributed by atoms with Crippen molar-refractivity contribution >= 4 is 17.5 Å². The predicted molar refractivity (Wildman–Crippen MR) is 108 cm³/mol. The van der Waals surface area contributed by atoms with Crippen LogP contribution in [-0.2, 0) is 28.9 Å². The maximum atomic E-state index is 12.3. The summed E-state index contributed by atoms with van der Waals surface area (Å²) in [6, 6.07) is 17.6. The Morgan fingerprint density at radius 3 is 2.79 bits per heavy atom. The molecule has 3 aromatic rings. The van der Waals surface area contributed by atoms with Crippen molar-refractivity contribution in [3.8, 4) is 0 Å². The van der Waals surface area contributed by atoms with Crippen molar-refractivity contribution in [1.29, 1.82) is 0 Å². The SMILES string of the molecule is O=C(Cc1ccccc1Cl)NCC1OCCc2cn(Cc3ccccc3)nc21. The molecule has 0 bridgehead atoms. The van der Waals surface area contributed by atoms with Crippen LogP contribution in [0.2, 0.25) is 5.02 Å². The smallest absolute Gasteiger partial charge is 0.224 e. The Morgan fingerprint density at radius 1 is 1.18 bits per heavy atom. The summed E-state index contributed by atoms with van der Waals surface area (Å²) >= 11 is 6.14. The van der Waals surface area contributed by atoms with Crippen LogP contribution in [0.15, 0.2) is 60.8 Å². The van der Waals surface area contributed by atoms with Gasteiger partial charge >= 0.3 is 0 Å². The lowest BCUT2D eigenvalue weighted by molar-refractivity contribution is -0.121. The summed E-state index contributed by atoms with van der Waals surface area (Å²) < 4.78 is 7.83. The third-order valence-electron chi connectivity index (χ3n) is 4.85. The quantitative estimate of drug-likeness (QED) is 0.694. The molecule has 144 valence electrons. The van der Waals surface area contributed by atoms with Gasteiger partial charge in [0.05, 0.1) is 25.3 Å². The molecule has 28 heavy (non-hydrogen) atoms. The fourth-order valence-electron chi connectivity index (χ4n) is 3.42. The summed E-state index contributed by atoms with van der Waals surface area (Å²) in [4.78, 5) is 12.3. The molecule has 1 amide bonds. The van der Waals surface area contributed by atoms with Crippen molar-refractivity contribution in [3.05, 3.63) is 88.2 Å². The van der Waals surface area contributed by atoms with E-state index in [0.29, 0.717) is 18.2 Å². The molecule has 1 unspecified atom stereocenters. The predicted octanol–water partition coefficient (Wildman–Crippen LogP) is 3.56. The molecule has 4 rings (SSSR count). The number of ether oxygens (including phenoxy) is 1. The lowest BCUT2D eigenvalue weighted by Crippen LogP contribution is -2.32. The minimum Gasteiger partial charge on any atom is -0.370 e. The molecule has 1 aliphatic heterocycles. The lowest BCUT2D eigenvalue weighted by atomic mass is 10.1. The zero-order valence-electron chi connectivity index (χ0n) is 15.5. The number of hydrogen-bond donors (Lipinski definition) is 1. The van der Waals surface area contributed by atoms with Gasteiger partial charge in [0.25, 0.3) is 0 Å². The van der Waals surface area contributed by atoms with Gasteiger partial charge in [-0.2, -0.15) is 5.10 Å². The molecule has 0 saturated heterocycles. The lowest BCUT2D eigenvalue weighted by Gasteiger charge is -2.22. The summed E-state index contributed by atoms with van der Waals surface area (Å²) in [6.45, 7) is 1.76. The molecule has 5 nitrogen and oxygen atoms in total. The molecule has 0 spiro atoms. The van der Waals surface area contributed by atoms with Crippen LogP contribution in [0.25, 0.3) is 0 Å². The van der Waals surface area contributed by atoms with E-state index >= 15 is 0 Å². The van der Waals surface area contributed by atoms with Gasteiger partial charge in [-0.1, -0.05) is 60.1 Å². The first-order chi connectivity index (χ1) is 13.7. The van der Waals surface area contributed by atoms with Crippen molar-refractivity contribution in [2.45, 2.75) is 25.5 Å². The molecule has 0 radical (unpaired) electrons. The van der Waals surface area contributed by atoms with Gasteiger partial charge in [-0.05, 0) is 29.2 Å². The van der Waals surface area contributed by atoms with Crippen molar-refractivity contribution in [2.75, 3.05) is 13.2 Å². The minimum atomic E-state index is -0.226. The standard InChI is InChI=1S/C22H22ClN3O2/c23-19-9-5-4-8-17(19)12-21(27)24-13-20-22-18(10-11-28-20)15-26(25-22)14-16-6-2-1-3-7-16/h1-9,15,20H,10-14H2,(H,24,27). The second kappa shape index (κ2) is 8.59. The summed E-state index contributed by atoms with van der Waals surface area (Å²) in [5, 5.41) is 8.28. The zero-order chi connectivity index (χ0) is 19.3. The van der Waals surface area contributed by atoms with E-state index in [1.54, 1.807) is 6.07 Å². The summed E-state index contributed by atoms with van der Waals surface area (Å²) in [5.74, 6) is -0.0764. The number of carbonyl (C=O) groups is 1. The first-order valence-corrected chi connectivity index (χ1v) is 9.78. The van der Waals surface area contributed by atoms with Crippen LogP contribution in [0.1, 0.15) is 28.5 Å². The molecule has 2 aromatic carbocycles. The molecule has 0 aliphatic carbocycles. The number of carbonyl (C=O) groups excluding carboxylic acids is 1. The fraction of sp³-hybridized carbons (Fsp3) is 0.273. The monoisotopic (exact) mass is 395 g/mol. The molecule has 0 saturated carbocycles. The van der Waals surface area contributed by atoms with E-state index < -0.39 is 0 Å². The van der Waals surface area contributed by atoms with E-state index in [9.17, 15) is 4.79 Å². The van der Waals surface area contributed by atoms with Crippen LogP contribution in [0.3, 0.4) is 0 Å². The maximum Gasteiger partial charge on any atom is 0.224 e. The number of amides is 1. The van der Waals surface area contributed by atoms with Crippen LogP contribution in [-0.4, -0.2) is 28.8 Å². The van der Waals surface area contributed by atoms with Gasteiger partial charge < -0.3 is 10.1 Å². The van der Waals surface area contributed by atoms with E-state index in [1.165, 1.54) is 11.1 Å². The normalized spacial score (nSPS) is 15.8. The van der Waals surface area contributed by atoms with Gasteiger partial charge in [0.2, 0.25) is 5.91 Å². The molecule has 1 N–H and O–H groups in total. The molecule has 2 heterocycles. The molecule has 1 atom stereocenters. The number of hydrogen-bond acceptors (Lipinski definition) is 3. The average Bonchev–Trinajstić information content (AvgIpc) is 3.12. The van der Waals surface area contributed by atoms with Crippen molar-refractivity contribution < 1.29 is 9.53 Å². The number of nitrogens with one attached hydrogen (secondary N) is 1. The van der Waals surface area contributed by atoms with E-state index in [4.69, 9.17) is 21.4 Å². The summed E-state index contributed by atoms with van der Waals surface area (Å²) in [5.41, 5.74) is 4.12. The van der Waals surface area contributed by atoms with Gasteiger partial charge in [-0.3, -0.25) is 9.48 Å². The van der Waals surface area contributed by atoms with Gasteiger partial charge in [0.1, 0.15) is 6.10 Å². The number of aromatic nitrogens is 2. The van der Waals surface area contributed by atoms with Crippen molar-refractivity contribution in [1.82, 2.24) is 15.1 Å². The molecular formula is C22H22ClN3O2. The van der Waals surface area contributed by atoms with Crippen LogP contribution in [0.4, 0.5) is 0 Å². The second-order valence-electron chi connectivity index (χ2n) is 6.90. The highest BCUT2D eigenvalue weighted by molar-refractivity contribution is 6.31. The zero-order valence-corrected chi connectivity index (χ0v) is 16.2. The summed E-state index contributed by atoms with van der Waals surface area (Å²) in [6.07, 6.45) is 2.95. The van der Waals surface area contributed by atoms with E-state index in [2.05, 4.69) is 23.6 Å². The van der Waals surface area contributed by atoms with Crippen LogP contribution in [0.5, 0.6) is 0 Å². The molecule has 1 aromatic heterocycles. The van der Waals surface area contributed by atoms with Crippen LogP contribution in [0, 0.1) is 0 Å². The van der Waals surface area contributed by atoms with Gasteiger partial charge in [0, 0.05) is 17.8 Å². The van der Waals surface area contributed by atoms with Crippen molar-refractivity contribution in [3.63, 3.8) is 0 Å². The molecule has 6 heteroatoms. The average molecular weight is 396 g/mol. The minimum absolute atomic E-state index is 0.0764. The van der Waals surface area contributed by atoms with E-state index in [1.807, 2.05) is 41.1 Å². The van der Waals surface area contributed by atoms with Gasteiger partial charge in [-0.25, -0.2) is 0 Å². The van der Waals surface area contributed by atoms with E-state index in [0.717, 1.165) is 24.2 Å². The highest BCUT2D eigenvalue weighted by Gasteiger charge is 2.25. The number of benzene rings is 2. The first-order valence-electron chi connectivity index (χ1n) is 9.41. The summed E-state index contributed by atoms with van der Waals surface area (Å²) in [7, 11) is 0. The van der Waals surface area contributed by atoms with Gasteiger partial charge in [-0.15, -0.1) is 0 Å². The third-order valence-corrected chi connectivity index (χ3v) is 5.22. The number of nitrogens with zero attached hydrogens (tertiary/aromatic N) is 2. The Bertz CT molecular complexity index is 955. The van der Waals surface area contributed by atoms with Gasteiger partial charge in [0.15, 0.2) is 0 Å². The highest BCUT2D eigenvalue weighted by atomic mass is 35.5. The fourth-order valence-corrected chi connectivity index (χ4v) is 3.62. The Labute approximate surface area is 169 Å².